The van der Waals surface area contributed by atoms with Gasteiger partial charge in [0, 0.05) is 31.3 Å². The summed E-state index contributed by atoms with van der Waals surface area (Å²) in [5.41, 5.74) is -0.713. The van der Waals surface area contributed by atoms with Crippen LogP contribution in [0.5, 0.6) is 0 Å². The van der Waals surface area contributed by atoms with Gasteiger partial charge in [0.2, 0.25) is 11.7 Å². The number of nitriles is 1. The standard InChI is InChI=1S/C15H23N3O3/c1-4-15(2,3)13(20)14(21)18-11-7-10-17(18)12(19)8-5-6-9-16/h4-8,10-11H2,1-3H3. The van der Waals surface area contributed by atoms with Gasteiger partial charge in [-0.05, 0) is 19.3 Å². The second-order valence-corrected chi connectivity index (χ2v) is 5.88. The van der Waals surface area contributed by atoms with Crippen molar-refractivity contribution in [1.82, 2.24) is 10.0 Å². The summed E-state index contributed by atoms with van der Waals surface area (Å²) in [5.74, 6) is -1.26. The Morgan fingerprint density at radius 3 is 2.38 bits per heavy atom. The first-order valence-corrected chi connectivity index (χ1v) is 7.38. The molecule has 1 aliphatic heterocycles. The smallest absolute Gasteiger partial charge is 0.288 e. The summed E-state index contributed by atoms with van der Waals surface area (Å²) in [4.78, 5) is 36.7. The van der Waals surface area contributed by atoms with E-state index >= 15 is 0 Å². The average Bonchev–Trinajstić information content (AvgIpc) is 2.95. The second-order valence-electron chi connectivity index (χ2n) is 5.88. The van der Waals surface area contributed by atoms with E-state index in [1.807, 2.05) is 13.0 Å². The van der Waals surface area contributed by atoms with Crippen LogP contribution in [0.4, 0.5) is 0 Å². The fourth-order valence-corrected chi connectivity index (χ4v) is 2.10. The molecule has 0 aliphatic carbocycles. The number of nitrogens with zero attached hydrogens (tertiary/aromatic N) is 3. The number of hydrazine groups is 1. The predicted molar refractivity (Wildman–Crippen MR) is 76.6 cm³/mol. The van der Waals surface area contributed by atoms with Crippen LogP contribution in [0.2, 0.25) is 0 Å². The number of Topliss-reactive ketones (excluding diaryl/α,β-unsaturated/α-hetero) is 1. The van der Waals surface area contributed by atoms with Crippen LogP contribution in [0.1, 0.15) is 52.9 Å². The highest BCUT2D eigenvalue weighted by Crippen LogP contribution is 2.24. The van der Waals surface area contributed by atoms with E-state index in [-0.39, 0.29) is 12.3 Å². The topological polar surface area (TPSA) is 81.5 Å². The van der Waals surface area contributed by atoms with Crippen LogP contribution in [0.3, 0.4) is 0 Å². The molecule has 116 valence electrons. The van der Waals surface area contributed by atoms with Gasteiger partial charge >= 0.3 is 5.91 Å². The van der Waals surface area contributed by atoms with Crippen molar-refractivity contribution in [1.29, 1.82) is 5.26 Å². The molecule has 1 rings (SSSR count). The minimum Gasteiger partial charge on any atom is -0.288 e. The van der Waals surface area contributed by atoms with Crippen molar-refractivity contribution in [3.8, 4) is 6.07 Å². The molecule has 0 spiro atoms. The Hall–Kier alpha value is -1.90. The fraction of sp³-hybridized carbons (Fsp3) is 0.733. The molecule has 0 radical (unpaired) electrons. The molecule has 0 saturated carbocycles. The molecule has 6 heteroatoms. The highest BCUT2D eigenvalue weighted by Gasteiger charge is 2.39. The van der Waals surface area contributed by atoms with E-state index in [4.69, 9.17) is 5.26 Å². The van der Waals surface area contributed by atoms with Crippen molar-refractivity contribution in [3.05, 3.63) is 0 Å². The van der Waals surface area contributed by atoms with Crippen LogP contribution in [0.25, 0.3) is 0 Å². The van der Waals surface area contributed by atoms with Crippen molar-refractivity contribution in [3.63, 3.8) is 0 Å². The van der Waals surface area contributed by atoms with Crippen LogP contribution in [-0.2, 0) is 14.4 Å². The second kappa shape index (κ2) is 7.21. The van der Waals surface area contributed by atoms with Crippen molar-refractivity contribution in [2.45, 2.75) is 52.9 Å². The Balaban J connectivity index is 2.73. The monoisotopic (exact) mass is 293 g/mol. The van der Waals surface area contributed by atoms with Crippen molar-refractivity contribution in [2.75, 3.05) is 13.1 Å². The lowest BCUT2D eigenvalue weighted by molar-refractivity contribution is -0.164. The minimum atomic E-state index is -0.713. The minimum absolute atomic E-state index is 0.196. The van der Waals surface area contributed by atoms with Crippen LogP contribution >= 0.6 is 0 Å². The SMILES string of the molecule is CCC(C)(C)C(=O)C(=O)N1CCCN1C(=O)CCCC#N. The van der Waals surface area contributed by atoms with Gasteiger partial charge in [-0.3, -0.25) is 19.4 Å². The van der Waals surface area contributed by atoms with Crippen LogP contribution < -0.4 is 0 Å². The third kappa shape index (κ3) is 4.03. The fourth-order valence-electron chi connectivity index (χ4n) is 2.10. The number of amides is 2. The molecule has 1 fully saturated rings. The number of ketones is 1. The number of hydrogen-bond acceptors (Lipinski definition) is 4. The molecule has 0 aromatic heterocycles. The summed E-state index contributed by atoms with van der Waals surface area (Å²) in [6.45, 7) is 6.19. The van der Waals surface area contributed by atoms with Gasteiger partial charge < -0.3 is 0 Å². The molecule has 2 amide bonds. The van der Waals surface area contributed by atoms with Crippen LogP contribution in [0.15, 0.2) is 0 Å². The van der Waals surface area contributed by atoms with Gasteiger partial charge in [-0.2, -0.15) is 5.26 Å². The molecule has 0 aromatic carbocycles. The Bertz CT molecular complexity index is 465. The first kappa shape index (κ1) is 17.2. The van der Waals surface area contributed by atoms with Crippen molar-refractivity contribution < 1.29 is 14.4 Å². The zero-order chi connectivity index (χ0) is 16.0. The molecule has 0 unspecified atom stereocenters. The predicted octanol–water partition coefficient (Wildman–Crippen LogP) is 1.66. The first-order valence-electron chi connectivity index (χ1n) is 7.38. The molecule has 1 saturated heterocycles. The molecule has 0 N–H and O–H groups in total. The Labute approximate surface area is 125 Å². The largest absolute Gasteiger partial charge is 0.309 e. The van der Waals surface area contributed by atoms with Gasteiger partial charge in [0.1, 0.15) is 0 Å². The summed E-state index contributed by atoms with van der Waals surface area (Å²) in [6.07, 6.45) is 2.26. The van der Waals surface area contributed by atoms with Gasteiger partial charge in [-0.1, -0.05) is 20.8 Å². The maximum absolute atomic E-state index is 12.3. The van der Waals surface area contributed by atoms with E-state index in [1.54, 1.807) is 13.8 Å². The third-order valence-corrected chi connectivity index (χ3v) is 3.93. The van der Waals surface area contributed by atoms with Gasteiger partial charge in [-0.25, -0.2) is 5.01 Å². The number of carbonyl (C=O) groups is 3. The van der Waals surface area contributed by atoms with Gasteiger partial charge in [0.15, 0.2) is 0 Å². The van der Waals surface area contributed by atoms with E-state index < -0.39 is 17.1 Å². The summed E-state index contributed by atoms with van der Waals surface area (Å²) in [5, 5.41) is 11.1. The van der Waals surface area contributed by atoms with E-state index in [1.165, 1.54) is 10.0 Å². The summed E-state index contributed by atoms with van der Waals surface area (Å²) < 4.78 is 0. The van der Waals surface area contributed by atoms with E-state index in [9.17, 15) is 14.4 Å². The number of hydrogen-bond donors (Lipinski definition) is 0. The summed E-state index contributed by atoms with van der Waals surface area (Å²) in [6, 6.07) is 1.99. The Kier molecular flexibility index (Phi) is 5.89. The van der Waals surface area contributed by atoms with E-state index in [0.717, 1.165) is 0 Å². The summed E-state index contributed by atoms with van der Waals surface area (Å²) in [7, 11) is 0. The normalized spacial score (nSPS) is 15.0. The molecule has 0 aromatic rings. The third-order valence-electron chi connectivity index (χ3n) is 3.93. The number of rotatable bonds is 6. The van der Waals surface area contributed by atoms with Crippen LogP contribution in [-0.4, -0.2) is 40.7 Å². The van der Waals surface area contributed by atoms with Gasteiger partial charge in [0.05, 0.1) is 6.07 Å². The zero-order valence-corrected chi connectivity index (χ0v) is 13.0. The Morgan fingerprint density at radius 2 is 1.81 bits per heavy atom. The highest BCUT2D eigenvalue weighted by atomic mass is 16.2. The van der Waals surface area contributed by atoms with Crippen molar-refractivity contribution in [2.24, 2.45) is 5.41 Å². The van der Waals surface area contributed by atoms with Crippen LogP contribution in [0, 0.1) is 16.7 Å². The number of carbonyl (C=O) groups excluding carboxylic acids is 3. The maximum atomic E-state index is 12.3. The van der Waals surface area contributed by atoms with Crippen molar-refractivity contribution >= 4 is 17.6 Å². The lowest BCUT2D eigenvalue weighted by atomic mass is 9.85. The maximum Gasteiger partial charge on any atom is 0.309 e. The quantitative estimate of drug-likeness (QED) is 0.551. The number of unbranched alkanes of at least 4 members (excludes halogenated alkanes) is 1. The Morgan fingerprint density at radius 1 is 1.19 bits per heavy atom. The molecule has 1 heterocycles. The zero-order valence-electron chi connectivity index (χ0n) is 13.0. The van der Waals surface area contributed by atoms with E-state index in [2.05, 4.69) is 0 Å². The molecule has 6 nitrogen and oxygen atoms in total. The molecule has 21 heavy (non-hydrogen) atoms. The van der Waals surface area contributed by atoms with E-state index in [0.29, 0.717) is 38.8 Å². The highest BCUT2D eigenvalue weighted by molar-refractivity contribution is 6.38. The lowest BCUT2D eigenvalue weighted by Gasteiger charge is -2.30. The first-order chi connectivity index (χ1) is 9.85. The molecule has 0 atom stereocenters. The molecular formula is C15H23N3O3. The lowest BCUT2D eigenvalue weighted by Crippen LogP contribution is -2.50. The van der Waals surface area contributed by atoms with Gasteiger partial charge in [-0.15, -0.1) is 0 Å². The molecule has 1 aliphatic rings. The summed E-state index contributed by atoms with van der Waals surface area (Å²) >= 11 is 0. The molecular weight excluding hydrogens is 270 g/mol. The molecule has 0 bridgehead atoms. The average molecular weight is 293 g/mol. The van der Waals surface area contributed by atoms with Gasteiger partial charge in [0.25, 0.3) is 0 Å².